The quantitative estimate of drug-likeness (QED) is 0.832. The molecule has 0 radical (unpaired) electrons. The second-order valence-corrected chi connectivity index (χ2v) is 3.51. The van der Waals surface area contributed by atoms with E-state index in [1.54, 1.807) is 19.5 Å². The summed E-state index contributed by atoms with van der Waals surface area (Å²) in [4.78, 5) is 8.26. The maximum atomic E-state index is 5.49. The third kappa shape index (κ3) is 1.95. The molecule has 4 heteroatoms. The Labute approximate surface area is 94.1 Å². The van der Waals surface area contributed by atoms with E-state index in [1.807, 2.05) is 25.1 Å². The van der Waals surface area contributed by atoms with Gasteiger partial charge in [-0.25, -0.2) is 4.98 Å². The fraction of sp³-hybridized carbons (Fsp3) is 0.167. The van der Waals surface area contributed by atoms with Crippen LogP contribution >= 0.6 is 0 Å². The Morgan fingerprint density at radius 1 is 1.19 bits per heavy atom. The zero-order valence-corrected chi connectivity index (χ0v) is 9.27. The van der Waals surface area contributed by atoms with E-state index < -0.39 is 0 Å². The van der Waals surface area contributed by atoms with Crippen LogP contribution in [0.15, 0.2) is 30.6 Å². The molecule has 4 nitrogen and oxygen atoms in total. The average Bonchev–Trinajstić information content (AvgIpc) is 2.30. The number of hydrogen-bond donors (Lipinski definition) is 1. The van der Waals surface area contributed by atoms with Gasteiger partial charge in [0, 0.05) is 5.56 Å². The first-order chi connectivity index (χ1) is 7.70. The average molecular weight is 215 g/mol. The van der Waals surface area contributed by atoms with Gasteiger partial charge in [-0.2, -0.15) is 0 Å². The molecule has 0 bridgehead atoms. The van der Waals surface area contributed by atoms with E-state index in [0.717, 1.165) is 22.6 Å². The van der Waals surface area contributed by atoms with Crippen LogP contribution < -0.4 is 10.5 Å². The zero-order valence-electron chi connectivity index (χ0n) is 9.27. The van der Waals surface area contributed by atoms with Crippen LogP contribution in [-0.2, 0) is 0 Å². The maximum Gasteiger partial charge on any atom is 0.141 e. The van der Waals surface area contributed by atoms with Crippen molar-refractivity contribution in [1.29, 1.82) is 0 Å². The topological polar surface area (TPSA) is 61.0 Å². The zero-order chi connectivity index (χ0) is 11.5. The number of nitrogens with two attached hydrogens (primary N) is 1. The lowest BCUT2D eigenvalue weighted by Gasteiger charge is -2.07. The van der Waals surface area contributed by atoms with Gasteiger partial charge in [0.1, 0.15) is 11.6 Å². The molecule has 16 heavy (non-hydrogen) atoms. The van der Waals surface area contributed by atoms with Crippen LogP contribution in [0.4, 0.5) is 5.82 Å². The Kier molecular flexibility index (Phi) is 2.72. The minimum atomic E-state index is 0.426. The largest absolute Gasteiger partial charge is 0.497 e. The van der Waals surface area contributed by atoms with Gasteiger partial charge in [0.05, 0.1) is 25.2 Å². The van der Waals surface area contributed by atoms with Crippen molar-refractivity contribution in [1.82, 2.24) is 9.97 Å². The van der Waals surface area contributed by atoms with Gasteiger partial charge in [-0.1, -0.05) is 0 Å². The van der Waals surface area contributed by atoms with Crippen molar-refractivity contribution >= 4 is 5.82 Å². The Hall–Kier alpha value is -2.10. The number of nitrogen functional groups attached to an aromatic ring is 1. The molecule has 1 aromatic carbocycles. The second-order valence-electron chi connectivity index (χ2n) is 3.51. The van der Waals surface area contributed by atoms with Crippen LogP contribution in [0.25, 0.3) is 11.3 Å². The predicted octanol–water partition coefficient (Wildman–Crippen LogP) is 2.04. The third-order valence-corrected chi connectivity index (χ3v) is 2.38. The molecule has 0 amide bonds. The lowest BCUT2D eigenvalue weighted by Crippen LogP contribution is -1.94. The fourth-order valence-electron chi connectivity index (χ4n) is 1.53. The van der Waals surface area contributed by atoms with E-state index in [4.69, 9.17) is 10.5 Å². The van der Waals surface area contributed by atoms with E-state index in [0.29, 0.717) is 5.82 Å². The highest BCUT2D eigenvalue weighted by Gasteiger charge is 2.04. The Morgan fingerprint density at radius 3 is 2.56 bits per heavy atom. The summed E-state index contributed by atoms with van der Waals surface area (Å²) in [6, 6.07) is 5.84. The van der Waals surface area contributed by atoms with Crippen molar-refractivity contribution in [3.63, 3.8) is 0 Å². The molecule has 0 aliphatic rings. The molecule has 82 valence electrons. The summed E-state index contributed by atoms with van der Waals surface area (Å²) in [5.74, 6) is 1.26. The summed E-state index contributed by atoms with van der Waals surface area (Å²) in [6.07, 6.45) is 3.23. The normalized spacial score (nSPS) is 10.1. The molecule has 1 aromatic heterocycles. The van der Waals surface area contributed by atoms with Gasteiger partial charge < -0.3 is 10.5 Å². The van der Waals surface area contributed by atoms with Crippen LogP contribution in [0.3, 0.4) is 0 Å². The van der Waals surface area contributed by atoms with Gasteiger partial charge in [0.25, 0.3) is 0 Å². The Balaban J connectivity index is 2.44. The van der Waals surface area contributed by atoms with Crippen molar-refractivity contribution in [3.05, 3.63) is 36.2 Å². The first-order valence-electron chi connectivity index (χ1n) is 4.93. The molecule has 0 aliphatic heterocycles. The molecule has 0 saturated heterocycles. The highest BCUT2D eigenvalue weighted by molar-refractivity contribution is 5.64. The van der Waals surface area contributed by atoms with Crippen LogP contribution in [-0.4, -0.2) is 17.1 Å². The van der Waals surface area contributed by atoms with Crippen LogP contribution in [0.2, 0.25) is 0 Å². The Morgan fingerprint density at radius 2 is 2.00 bits per heavy atom. The van der Waals surface area contributed by atoms with Crippen LogP contribution in [0, 0.1) is 6.92 Å². The number of benzene rings is 1. The number of methoxy groups -OCH3 is 1. The van der Waals surface area contributed by atoms with Crippen molar-refractivity contribution in [2.75, 3.05) is 12.8 Å². The summed E-state index contributed by atoms with van der Waals surface area (Å²) in [6.45, 7) is 2.01. The van der Waals surface area contributed by atoms with Gasteiger partial charge in [-0.3, -0.25) is 4.98 Å². The van der Waals surface area contributed by atoms with E-state index >= 15 is 0 Å². The molecule has 0 unspecified atom stereocenters. The molecular formula is C12H13N3O. The molecule has 2 rings (SSSR count). The lowest BCUT2D eigenvalue weighted by atomic mass is 10.1. The number of aromatic nitrogens is 2. The van der Waals surface area contributed by atoms with Crippen LogP contribution in [0.5, 0.6) is 5.75 Å². The van der Waals surface area contributed by atoms with E-state index in [9.17, 15) is 0 Å². The minimum absolute atomic E-state index is 0.426. The van der Waals surface area contributed by atoms with Crippen molar-refractivity contribution in [2.24, 2.45) is 0 Å². The number of rotatable bonds is 2. The molecule has 0 aliphatic carbocycles. The highest BCUT2D eigenvalue weighted by atomic mass is 16.5. The van der Waals surface area contributed by atoms with Crippen molar-refractivity contribution in [2.45, 2.75) is 6.92 Å². The van der Waals surface area contributed by atoms with Gasteiger partial charge in [0.15, 0.2) is 0 Å². The van der Waals surface area contributed by atoms with Gasteiger partial charge in [0.2, 0.25) is 0 Å². The highest BCUT2D eigenvalue weighted by Crippen LogP contribution is 2.24. The number of nitrogens with zero attached hydrogens (tertiary/aromatic N) is 2. The minimum Gasteiger partial charge on any atom is -0.497 e. The molecular weight excluding hydrogens is 202 g/mol. The summed E-state index contributed by atoms with van der Waals surface area (Å²) < 4.78 is 5.15. The standard InChI is InChI=1S/C12H13N3O/c1-8-5-9(16-2)3-4-10(8)11-6-15-12(13)7-14-11/h3-7H,1-2H3,(H2,13,15). The maximum absolute atomic E-state index is 5.49. The smallest absolute Gasteiger partial charge is 0.141 e. The summed E-state index contributed by atoms with van der Waals surface area (Å²) in [5, 5.41) is 0. The summed E-state index contributed by atoms with van der Waals surface area (Å²) in [5.41, 5.74) is 8.44. The van der Waals surface area contributed by atoms with Gasteiger partial charge in [-0.05, 0) is 30.7 Å². The van der Waals surface area contributed by atoms with E-state index in [-0.39, 0.29) is 0 Å². The Bertz CT molecular complexity index is 494. The van der Waals surface area contributed by atoms with Crippen molar-refractivity contribution in [3.8, 4) is 17.0 Å². The lowest BCUT2D eigenvalue weighted by molar-refractivity contribution is 0.414. The van der Waals surface area contributed by atoms with Crippen molar-refractivity contribution < 1.29 is 4.74 Å². The van der Waals surface area contributed by atoms with Crippen LogP contribution in [0.1, 0.15) is 5.56 Å². The number of hydrogen-bond acceptors (Lipinski definition) is 4. The molecule has 2 aromatic rings. The monoisotopic (exact) mass is 215 g/mol. The predicted molar refractivity (Wildman–Crippen MR) is 63.2 cm³/mol. The van der Waals surface area contributed by atoms with E-state index in [1.165, 1.54) is 0 Å². The first kappa shape index (κ1) is 10.4. The van der Waals surface area contributed by atoms with Gasteiger partial charge in [-0.15, -0.1) is 0 Å². The molecule has 0 spiro atoms. The molecule has 0 atom stereocenters. The third-order valence-electron chi connectivity index (χ3n) is 2.38. The number of ether oxygens (including phenoxy) is 1. The molecule has 0 fully saturated rings. The number of aryl methyl sites for hydroxylation is 1. The molecule has 1 heterocycles. The summed E-state index contributed by atoms with van der Waals surface area (Å²) in [7, 11) is 1.65. The molecule has 0 saturated carbocycles. The fourth-order valence-corrected chi connectivity index (χ4v) is 1.53. The summed E-state index contributed by atoms with van der Waals surface area (Å²) >= 11 is 0. The second kappa shape index (κ2) is 4.18. The first-order valence-corrected chi connectivity index (χ1v) is 4.93. The number of anilines is 1. The SMILES string of the molecule is COc1ccc(-c2cnc(N)cn2)c(C)c1. The van der Waals surface area contributed by atoms with E-state index in [2.05, 4.69) is 9.97 Å². The molecule has 2 N–H and O–H groups in total. The van der Waals surface area contributed by atoms with Gasteiger partial charge >= 0.3 is 0 Å².